The third-order valence-corrected chi connectivity index (χ3v) is 4.46. The van der Waals surface area contributed by atoms with Crippen molar-refractivity contribution >= 4 is 16.8 Å². The molecule has 1 saturated carbocycles. The first kappa shape index (κ1) is 15.0. The first-order valence-electron chi connectivity index (χ1n) is 7.86. The first-order valence-corrected chi connectivity index (χ1v) is 7.86. The standard InChI is InChI=1S/C17H21FN2O2/c18-13-6-7-15-12(8-13)9-14(20-15)10-19-17(22)16(21)11-4-2-1-3-5-11/h6-9,11,16,20-21H,1-5,10H2,(H,19,22)/t16-/m1/s1. The molecule has 22 heavy (non-hydrogen) atoms. The van der Waals surface area contributed by atoms with Crippen LogP contribution in [0.3, 0.4) is 0 Å². The number of amides is 1. The number of carbonyl (C=O) groups is 1. The normalized spacial score (nSPS) is 17.5. The van der Waals surface area contributed by atoms with Crippen LogP contribution >= 0.6 is 0 Å². The molecule has 1 aliphatic rings. The number of halogens is 1. The fourth-order valence-electron chi connectivity index (χ4n) is 3.21. The highest BCUT2D eigenvalue weighted by Crippen LogP contribution is 2.26. The number of hydrogen-bond donors (Lipinski definition) is 3. The van der Waals surface area contributed by atoms with Crippen LogP contribution in [0.15, 0.2) is 24.3 Å². The monoisotopic (exact) mass is 304 g/mol. The maximum atomic E-state index is 13.2. The van der Waals surface area contributed by atoms with Gasteiger partial charge in [-0.3, -0.25) is 4.79 Å². The number of nitrogens with one attached hydrogen (secondary N) is 2. The minimum Gasteiger partial charge on any atom is -0.383 e. The Kier molecular flexibility index (Phi) is 4.43. The van der Waals surface area contributed by atoms with E-state index in [-0.39, 0.29) is 17.6 Å². The SMILES string of the molecule is O=C(NCc1cc2cc(F)ccc2[nH]1)[C@H](O)C1CCCCC1. The lowest BCUT2D eigenvalue weighted by atomic mass is 9.85. The van der Waals surface area contributed by atoms with E-state index in [2.05, 4.69) is 10.3 Å². The van der Waals surface area contributed by atoms with Crippen molar-refractivity contribution in [1.29, 1.82) is 0 Å². The highest BCUT2D eigenvalue weighted by Gasteiger charge is 2.27. The van der Waals surface area contributed by atoms with Gasteiger partial charge in [-0.05, 0) is 43.0 Å². The third-order valence-electron chi connectivity index (χ3n) is 4.46. The molecule has 5 heteroatoms. The van der Waals surface area contributed by atoms with Gasteiger partial charge in [-0.2, -0.15) is 0 Å². The quantitative estimate of drug-likeness (QED) is 0.813. The van der Waals surface area contributed by atoms with E-state index in [9.17, 15) is 14.3 Å². The lowest BCUT2D eigenvalue weighted by Gasteiger charge is -2.25. The molecule has 0 bridgehead atoms. The van der Waals surface area contributed by atoms with E-state index in [1.807, 2.05) is 6.07 Å². The molecule has 118 valence electrons. The Morgan fingerprint density at radius 1 is 1.32 bits per heavy atom. The molecule has 2 aromatic rings. The Hall–Kier alpha value is -1.88. The van der Waals surface area contributed by atoms with Gasteiger partial charge in [-0.25, -0.2) is 4.39 Å². The van der Waals surface area contributed by atoms with Crippen LogP contribution in [0.4, 0.5) is 4.39 Å². The van der Waals surface area contributed by atoms with Crippen LogP contribution in [-0.2, 0) is 11.3 Å². The van der Waals surface area contributed by atoms with Crippen molar-refractivity contribution < 1.29 is 14.3 Å². The topological polar surface area (TPSA) is 65.1 Å². The number of carbonyl (C=O) groups excluding carboxylic acids is 1. The number of aliphatic hydroxyl groups is 1. The van der Waals surface area contributed by atoms with E-state index < -0.39 is 6.10 Å². The van der Waals surface area contributed by atoms with Crippen LogP contribution in [0.5, 0.6) is 0 Å². The van der Waals surface area contributed by atoms with E-state index in [1.165, 1.54) is 18.6 Å². The van der Waals surface area contributed by atoms with Crippen LogP contribution in [0.2, 0.25) is 0 Å². The fourth-order valence-corrected chi connectivity index (χ4v) is 3.21. The zero-order valence-electron chi connectivity index (χ0n) is 12.4. The molecular formula is C17H21FN2O2. The molecule has 0 radical (unpaired) electrons. The number of aliphatic hydroxyl groups excluding tert-OH is 1. The first-order chi connectivity index (χ1) is 10.6. The molecule has 1 amide bonds. The zero-order valence-corrected chi connectivity index (χ0v) is 12.4. The summed E-state index contributed by atoms with van der Waals surface area (Å²) in [5.74, 6) is -0.530. The summed E-state index contributed by atoms with van der Waals surface area (Å²) in [6, 6.07) is 6.33. The summed E-state index contributed by atoms with van der Waals surface area (Å²) in [6.45, 7) is 0.304. The number of rotatable bonds is 4. The van der Waals surface area contributed by atoms with Gasteiger partial charge in [0.25, 0.3) is 0 Å². The summed E-state index contributed by atoms with van der Waals surface area (Å²) < 4.78 is 13.2. The highest BCUT2D eigenvalue weighted by atomic mass is 19.1. The summed E-state index contributed by atoms with van der Waals surface area (Å²) in [6.07, 6.45) is 4.27. The lowest BCUT2D eigenvalue weighted by molar-refractivity contribution is -0.132. The van der Waals surface area contributed by atoms with Crippen molar-refractivity contribution in [1.82, 2.24) is 10.3 Å². The van der Waals surface area contributed by atoms with Crippen LogP contribution < -0.4 is 5.32 Å². The average Bonchev–Trinajstić information content (AvgIpc) is 2.94. The van der Waals surface area contributed by atoms with Gasteiger partial charge in [-0.15, -0.1) is 0 Å². The largest absolute Gasteiger partial charge is 0.383 e. The molecule has 4 nitrogen and oxygen atoms in total. The van der Waals surface area contributed by atoms with Gasteiger partial charge >= 0.3 is 0 Å². The van der Waals surface area contributed by atoms with Crippen LogP contribution in [-0.4, -0.2) is 22.1 Å². The average molecular weight is 304 g/mol. The molecule has 1 aromatic heterocycles. The number of aromatic nitrogens is 1. The molecule has 1 atom stereocenters. The maximum Gasteiger partial charge on any atom is 0.249 e. The van der Waals surface area contributed by atoms with Crippen LogP contribution in [0.25, 0.3) is 10.9 Å². The molecule has 0 saturated heterocycles. The van der Waals surface area contributed by atoms with E-state index in [1.54, 1.807) is 6.07 Å². The smallest absolute Gasteiger partial charge is 0.249 e. The molecule has 0 unspecified atom stereocenters. The molecule has 0 spiro atoms. The molecule has 3 rings (SSSR count). The van der Waals surface area contributed by atoms with Gasteiger partial charge in [0.1, 0.15) is 11.9 Å². The van der Waals surface area contributed by atoms with Gasteiger partial charge in [0.2, 0.25) is 5.91 Å². The summed E-state index contributed by atoms with van der Waals surface area (Å²) >= 11 is 0. The van der Waals surface area contributed by atoms with Crippen molar-refractivity contribution in [3.05, 3.63) is 35.8 Å². The van der Waals surface area contributed by atoms with E-state index in [4.69, 9.17) is 0 Å². The summed E-state index contributed by atoms with van der Waals surface area (Å²) in [7, 11) is 0. The number of H-pyrrole nitrogens is 1. The van der Waals surface area contributed by atoms with E-state index >= 15 is 0 Å². The lowest BCUT2D eigenvalue weighted by Crippen LogP contribution is -2.39. The van der Waals surface area contributed by atoms with E-state index in [0.717, 1.165) is 42.3 Å². The minimum absolute atomic E-state index is 0.0746. The maximum absolute atomic E-state index is 13.2. The van der Waals surface area contributed by atoms with Gasteiger partial charge in [-0.1, -0.05) is 19.3 Å². The van der Waals surface area contributed by atoms with E-state index in [0.29, 0.717) is 6.54 Å². The summed E-state index contributed by atoms with van der Waals surface area (Å²) in [4.78, 5) is 15.2. The number of benzene rings is 1. The van der Waals surface area contributed by atoms with Gasteiger partial charge in [0.05, 0.1) is 6.54 Å². The number of aromatic amines is 1. The second-order valence-corrected chi connectivity index (χ2v) is 6.09. The fraction of sp³-hybridized carbons (Fsp3) is 0.471. The van der Waals surface area contributed by atoms with Gasteiger partial charge in [0.15, 0.2) is 0 Å². The molecule has 3 N–H and O–H groups in total. The van der Waals surface area contributed by atoms with Crippen LogP contribution in [0, 0.1) is 11.7 Å². The minimum atomic E-state index is -0.929. The van der Waals surface area contributed by atoms with Crippen molar-refractivity contribution in [3.63, 3.8) is 0 Å². The second kappa shape index (κ2) is 6.48. The number of hydrogen-bond acceptors (Lipinski definition) is 2. The van der Waals surface area contributed by atoms with Gasteiger partial charge in [0, 0.05) is 16.6 Å². The van der Waals surface area contributed by atoms with Crippen molar-refractivity contribution in [2.75, 3.05) is 0 Å². The molecule has 0 aliphatic heterocycles. The Balaban J connectivity index is 1.59. The molecule has 1 heterocycles. The Morgan fingerprint density at radius 2 is 2.09 bits per heavy atom. The Labute approximate surface area is 128 Å². The number of fused-ring (bicyclic) bond motifs is 1. The van der Waals surface area contributed by atoms with Crippen LogP contribution in [0.1, 0.15) is 37.8 Å². The summed E-state index contributed by atoms with van der Waals surface area (Å²) in [5.41, 5.74) is 1.63. The van der Waals surface area contributed by atoms with Gasteiger partial charge < -0.3 is 15.4 Å². The molecule has 1 aromatic carbocycles. The van der Waals surface area contributed by atoms with Crippen molar-refractivity contribution in [2.24, 2.45) is 5.92 Å². The predicted octanol–water partition coefficient (Wildman–Crippen LogP) is 2.86. The third kappa shape index (κ3) is 3.30. The van der Waals surface area contributed by atoms with Crippen molar-refractivity contribution in [2.45, 2.75) is 44.8 Å². The highest BCUT2D eigenvalue weighted by molar-refractivity contribution is 5.82. The molecular weight excluding hydrogens is 283 g/mol. The predicted molar refractivity (Wildman–Crippen MR) is 82.7 cm³/mol. The Bertz CT molecular complexity index is 662. The zero-order chi connectivity index (χ0) is 15.5. The molecule has 1 aliphatic carbocycles. The molecule has 1 fully saturated rings. The Morgan fingerprint density at radius 3 is 2.86 bits per heavy atom. The summed E-state index contributed by atoms with van der Waals surface area (Å²) in [5, 5.41) is 13.7. The van der Waals surface area contributed by atoms with Crippen molar-refractivity contribution in [3.8, 4) is 0 Å². The second-order valence-electron chi connectivity index (χ2n) is 6.09.